The number of nitrogens with one attached hydrogen (secondary N) is 1. The van der Waals surface area contributed by atoms with Crippen LogP contribution in [-0.2, 0) is 6.61 Å². The molecule has 32 heavy (non-hydrogen) atoms. The van der Waals surface area contributed by atoms with Crippen molar-refractivity contribution in [3.05, 3.63) is 94.0 Å². The van der Waals surface area contributed by atoms with Gasteiger partial charge in [0.25, 0.3) is 5.91 Å². The molecule has 1 amide bonds. The van der Waals surface area contributed by atoms with Gasteiger partial charge < -0.3 is 9.47 Å². The van der Waals surface area contributed by atoms with E-state index in [0.717, 1.165) is 17.7 Å². The lowest BCUT2D eigenvalue weighted by Crippen LogP contribution is -2.17. The monoisotopic (exact) mass is 447 g/mol. The van der Waals surface area contributed by atoms with Crippen molar-refractivity contribution in [1.82, 2.24) is 5.43 Å². The summed E-state index contributed by atoms with van der Waals surface area (Å²) < 4.78 is 11.4. The van der Waals surface area contributed by atoms with Crippen molar-refractivity contribution in [2.24, 2.45) is 5.10 Å². The van der Waals surface area contributed by atoms with Crippen LogP contribution in [0.25, 0.3) is 0 Å². The second kappa shape index (κ2) is 11.5. The molecule has 3 rings (SSSR count). The fourth-order valence-electron chi connectivity index (χ4n) is 2.74. The molecular weight excluding hydrogens is 426 g/mol. The van der Waals surface area contributed by atoms with Gasteiger partial charge in [0.1, 0.15) is 18.1 Å². The topological polar surface area (TPSA) is 83.7 Å². The lowest BCUT2D eigenvalue weighted by Gasteiger charge is -2.10. The predicted molar refractivity (Wildman–Crippen MR) is 124 cm³/mol. The van der Waals surface area contributed by atoms with Crippen LogP contribution < -0.4 is 14.9 Å². The maximum absolute atomic E-state index is 12.3. The Morgan fingerprint density at radius 3 is 2.53 bits per heavy atom. The van der Waals surface area contributed by atoms with Crippen LogP contribution in [0.3, 0.4) is 0 Å². The number of ether oxygens (including phenoxy) is 2. The van der Waals surface area contributed by atoms with Gasteiger partial charge >= 0.3 is 0 Å². The number of hydrogen-bond acceptors (Lipinski definition) is 5. The number of benzene rings is 3. The lowest BCUT2D eigenvalue weighted by atomic mass is 10.1. The minimum absolute atomic E-state index is 0.312. The third-order valence-corrected chi connectivity index (χ3v) is 4.64. The first-order valence-electron chi connectivity index (χ1n) is 10.1. The minimum Gasteiger partial charge on any atom is -0.494 e. The summed E-state index contributed by atoms with van der Waals surface area (Å²) in [6, 6.07) is 21.2. The zero-order valence-corrected chi connectivity index (χ0v) is 18.3. The molecule has 0 aromatic heterocycles. The number of hydrazone groups is 1. The van der Waals surface area contributed by atoms with Crippen molar-refractivity contribution < 1.29 is 14.3 Å². The van der Waals surface area contributed by atoms with Gasteiger partial charge in [-0.2, -0.15) is 10.4 Å². The molecule has 0 radical (unpaired) electrons. The van der Waals surface area contributed by atoms with Crippen molar-refractivity contribution in [1.29, 1.82) is 5.26 Å². The SMILES string of the molecule is CCCOc1ccc(C(=O)N/N=C\c2cc(Cl)ccc2OCc2ccc(C#N)cc2)cc1. The number of rotatable bonds is 9. The quantitative estimate of drug-likeness (QED) is 0.354. The summed E-state index contributed by atoms with van der Waals surface area (Å²) >= 11 is 6.11. The van der Waals surface area contributed by atoms with Gasteiger partial charge in [-0.15, -0.1) is 0 Å². The van der Waals surface area contributed by atoms with Crippen LogP contribution in [0, 0.1) is 11.3 Å². The van der Waals surface area contributed by atoms with Crippen molar-refractivity contribution in [2.75, 3.05) is 6.61 Å². The van der Waals surface area contributed by atoms with Crippen LogP contribution in [0.15, 0.2) is 71.8 Å². The number of nitrogens with zero attached hydrogens (tertiary/aromatic N) is 2. The Morgan fingerprint density at radius 1 is 1.09 bits per heavy atom. The standard InChI is InChI=1S/C25H22ClN3O3/c1-2-13-31-23-10-7-20(8-11-23)25(30)29-28-16-21-14-22(26)9-12-24(21)32-17-19-5-3-18(15-27)4-6-19/h3-12,14,16H,2,13,17H2,1H3,(H,29,30)/b28-16-. The van der Waals surface area contributed by atoms with Crippen LogP contribution in [-0.4, -0.2) is 18.7 Å². The molecule has 0 saturated heterocycles. The highest BCUT2D eigenvalue weighted by atomic mass is 35.5. The fraction of sp³-hybridized carbons (Fsp3) is 0.160. The summed E-state index contributed by atoms with van der Waals surface area (Å²) in [5.74, 6) is 0.939. The Balaban J connectivity index is 1.62. The summed E-state index contributed by atoms with van der Waals surface area (Å²) in [6.45, 7) is 2.97. The fourth-order valence-corrected chi connectivity index (χ4v) is 2.92. The largest absolute Gasteiger partial charge is 0.494 e. The smallest absolute Gasteiger partial charge is 0.271 e. The molecule has 0 bridgehead atoms. The highest BCUT2D eigenvalue weighted by molar-refractivity contribution is 6.30. The summed E-state index contributed by atoms with van der Waals surface area (Å²) in [5.41, 5.74) is 5.10. The number of carbonyl (C=O) groups is 1. The summed E-state index contributed by atoms with van der Waals surface area (Å²) in [7, 11) is 0. The normalized spacial score (nSPS) is 10.5. The highest BCUT2D eigenvalue weighted by Gasteiger charge is 2.07. The summed E-state index contributed by atoms with van der Waals surface area (Å²) in [6.07, 6.45) is 2.40. The molecule has 0 aliphatic carbocycles. The molecule has 0 aliphatic heterocycles. The van der Waals surface area contributed by atoms with Gasteiger partial charge in [0.15, 0.2) is 0 Å². The molecule has 0 saturated carbocycles. The molecule has 0 heterocycles. The minimum atomic E-state index is -0.342. The average Bonchev–Trinajstić information content (AvgIpc) is 2.82. The van der Waals surface area contributed by atoms with E-state index in [4.69, 9.17) is 26.3 Å². The predicted octanol–water partition coefficient (Wildman–Crippen LogP) is 5.34. The second-order valence-electron chi connectivity index (χ2n) is 6.85. The Bertz CT molecular complexity index is 1120. The third-order valence-electron chi connectivity index (χ3n) is 4.41. The number of halogens is 1. The Kier molecular flexibility index (Phi) is 8.24. The lowest BCUT2D eigenvalue weighted by molar-refractivity contribution is 0.0955. The molecule has 6 nitrogen and oxygen atoms in total. The van der Waals surface area contributed by atoms with E-state index in [1.54, 1.807) is 54.6 Å². The van der Waals surface area contributed by atoms with Crippen LogP contribution >= 0.6 is 11.6 Å². The van der Waals surface area contributed by atoms with Crippen molar-refractivity contribution in [2.45, 2.75) is 20.0 Å². The Hall–Kier alpha value is -3.82. The number of carbonyl (C=O) groups excluding carboxylic acids is 1. The maximum Gasteiger partial charge on any atom is 0.271 e. The molecular formula is C25H22ClN3O3. The first-order valence-corrected chi connectivity index (χ1v) is 10.4. The first-order chi connectivity index (χ1) is 15.6. The van der Waals surface area contributed by atoms with E-state index in [1.165, 1.54) is 6.21 Å². The average molecular weight is 448 g/mol. The summed E-state index contributed by atoms with van der Waals surface area (Å²) in [4.78, 5) is 12.3. The van der Waals surface area contributed by atoms with Gasteiger partial charge in [-0.05, 0) is 66.6 Å². The zero-order chi connectivity index (χ0) is 22.8. The molecule has 3 aromatic carbocycles. The molecule has 162 valence electrons. The molecule has 0 atom stereocenters. The third kappa shape index (κ3) is 6.59. The molecule has 0 unspecified atom stereocenters. The first kappa shape index (κ1) is 22.9. The summed E-state index contributed by atoms with van der Waals surface area (Å²) in [5, 5.41) is 13.5. The Labute approximate surface area is 192 Å². The number of nitriles is 1. The molecule has 7 heteroatoms. The van der Waals surface area contributed by atoms with Gasteiger partial charge in [-0.25, -0.2) is 5.43 Å². The van der Waals surface area contributed by atoms with Crippen LogP contribution in [0.1, 0.15) is 40.4 Å². The van der Waals surface area contributed by atoms with Gasteiger partial charge in [0.2, 0.25) is 0 Å². The van der Waals surface area contributed by atoms with Gasteiger partial charge in [0, 0.05) is 16.1 Å². The van der Waals surface area contributed by atoms with E-state index < -0.39 is 0 Å². The van der Waals surface area contributed by atoms with Crippen molar-refractivity contribution >= 4 is 23.7 Å². The maximum atomic E-state index is 12.3. The highest BCUT2D eigenvalue weighted by Crippen LogP contribution is 2.22. The van der Waals surface area contributed by atoms with E-state index >= 15 is 0 Å². The van der Waals surface area contributed by atoms with Gasteiger partial charge in [-0.3, -0.25) is 4.79 Å². The second-order valence-corrected chi connectivity index (χ2v) is 7.29. The Morgan fingerprint density at radius 2 is 1.84 bits per heavy atom. The van der Waals surface area contributed by atoms with E-state index in [9.17, 15) is 4.79 Å². The van der Waals surface area contributed by atoms with Gasteiger partial charge in [0.05, 0.1) is 24.5 Å². The van der Waals surface area contributed by atoms with Crippen LogP contribution in [0.2, 0.25) is 5.02 Å². The van der Waals surface area contributed by atoms with Crippen LogP contribution in [0.5, 0.6) is 11.5 Å². The van der Waals surface area contributed by atoms with E-state index in [0.29, 0.717) is 40.7 Å². The number of hydrogen-bond donors (Lipinski definition) is 1. The van der Waals surface area contributed by atoms with E-state index in [-0.39, 0.29) is 5.91 Å². The molecule has 0 aliphatic rings. The number of amides is 1. The molecule has 0 spiro atoms. The molecule has 3 aromatic rings. The zero-order valence-electron chi connectivity index (χ0n) is 17.5. The van der Waals surface area contributed by atoms with E-state index in [1.807, 2.05) is 19.1 Å². The molecule has 1 N–H and O–H groups in total. The van der Waals surface area contributed by atoms with Gasteiger partial charge in [-0.1, -0.05) is 30.7 Å². The van der Waals surface area contributed by atoms with Crippen molar-refractivity contribution in [3.63, 3.8) is 0 Å². The van der Waals surface area contributed by atoms with E-state index in [2.05, 4.69) is 16.6 Å². The van der Waals surface area contributed by atoms with Crippen molar-refractivity contribution in [3.8, 4) is 17.6 Å². The molecule has 0 fully saturated rings. The van der Waals surface area contributed by atoms with Crippen LogP contribution in [0.4, 0.5) is 0 Å².